The van der Waals surface area contributed by atoms with Crippen LogP contribution in [0.2, 0.25) is 0 Å². The Hall–Kier alpha value is -3.55. The van der Waals surface area contributed by atoms with Crippen LogP contribution in [0.25, 0.3) is 5.65 Å². The molecule has 0 spiro atoms. The van der Waals surface area contributed by atoms with Crippen molar-refractivity contribution < 1.29 is 14.3 Å². The second kappa shape index (κ2) is 9.52. The third-order valence-corrected chi connectivity index (χ3v) is 5.37. The quantitative estimate of drug-likeness (QED) is 0.507. The molecule has 0 saturated carbocycles. The van der Waals surface area contributed by atoms with Crippen molar-refractivity contribution in [2.45, 2.75) is 60.6 Å². The fourth-order valence-electron chi connectivity index (χ4n) is 3.55. The standard InChI is InChI=1S/C25H33N5O3/c1-15-9-8-10-16(2)20(15)12-26-21-11-19(14-30-18(4)17(3)28-23(21)30)29-22(31)13-27-24(32)33-25(5,6)7/h8-11,14,26H,12-13H2,1-7H3,(H,27,32)(H,29,31). The molecule has 8 nitrogen and oxygen atoms in total. The van der Waals surface area contributed by atoms with E-state index in [0.717, 1.165) is 22.7 Å². The van der Waals surface area contributed by atoms with E-state index in [0.29, 0.717) is 12.2 Å². The van der Waals surface area contributed by atoms with Gasteiger partial charge in [0.25, 0.3) is 0 Å². The van der Waals surface area contributed by atoms with E-state index in [1.165, 1.54) is 16.7 Å². The first-order chi connectivity index (χ1) is 15.4. The van der Waals surface area contributed by atoms with Gasteiger partial charge in [-0.1, -0.05) is 18.2 Å². The van der Waals surface area contributed by atoms with Gasteiger partial charge in [-0.2, -0.15) is 0 Å². The number of anilines is 2. The number of rotatable bonds is 6. The highest BCUT2D eigenvalue weighted by Crippen LogP contribution is 2.26. The highest BCUT2D eigenvalue weighted by molar-refractivity contribution is 5.94. The minimum absolute atomic E-state index is 0.194. The minimum Gasteiger partial charge on any atom is -0.444 e. The number of imidazole rings is 1. The third kappa shape index (κ3) is 6.03. The average molecular weight is 452 g/mol. The summed E-state index contributed by atoms with van der Waals surface area (Å²) in [5.74, 6) is -0.351. The summed E-state index contributed by atoms with van der Waals surface area (Å²) in [5, 5.41) is 8.82. The smallest absolute Gasteiger partial charge is 0.408 e. The Morgan fingerprint density at radius 2 is 1.76 bits per heavy atom. The number of alkyl carbamates (subject to hydrolysis) is 1. The zero-order valence-corrected chi connectivity index (χ0v) is 20.4. The molecule has 33 heavy (non-hydrogen) atoms. The van der Waals surface area contributed by atoms with Gasteiger partial charge in [0.15, 0.2) is 5.65 Å². The van der Waals surface area contributed by atoms with Crippen LogP contribution in [0.1, 0.15) is 48.8 Å². The van der Waals surface area contributed by atoms with Gasteiger partial charge in [-0.05, 0) is 71.2 Å². The molecule has 1 aromatic carbocycles. The molecular weight excluding hydrogens is 418 g/mol. The predicted molar refractivity (Wildman–Crippen MR) is 131 cm³/mol. The number of fused-ring (bicyclic) bond motifs is 1. The summed E-state index contributed by atoms with van der Waals surface area (Å²) in [5.41, 5.74) is 7.14. The number of aryl methyl sites for hydroxylation is 4. The lowest BCUT2D eigenvalue weighted by atomic mass is 10.0. The highest BCUT2D eigenvalue weighted by atomic mass is 16.6. The van der Waals surface area contributed by atoms with Gasteiger partial charge in [0, 0.05) is 18.4 Å². The largest absolute Gasteiger partial charge is 0.444 e. The van der Waals surface area contributed by atoms with Gasteiger partial charge in [-0.15, -0.1) is 0 Å². The molecule has 3 N–H and O–H groups in total. The number of hydrogen-bond acceptors (Lipinski definition) is 5. The maximum absolute atomic E-state index is 12.5. The molecule has 0 aliphatic carbocycles. The van der Waals surface area contributed by atoms with E-state index in [9.17, 15) is 9.59 Å². The summed E-state index contributed by atoms with van der Waals surface area (Å²) in [7, 11) is 0. The highest BCUT2D eigenvalue weighted by Gasteiger charge is 2.17. The van der Waals surface area contributed by atoms with Crippen LogP contribution in [-0.4, -0.2) is 33.5 Å². The summed E-state index contributed by atoms with van der Waals surface area (Å²) in [6.07, 6.45) is 1.20. The van der Waals surface area contributed by atoms with Gasteiger partial charge in [0.05, 0.1) is 17.1 Å². The number of nitrogens with one attached hydrogen (secondary N) is 3. The number of nitrogens with zero attached hydrogens (tertiary/aromatic N) is 2. The molecule has 0 bridgehead atoms. The molecule has 0 atom stereocenters. The van der Waals surface area contributed by atoms with Crippen LogP contribution < -0.4 is 16.0 Å². The van der Waals surface area contributed by atoms with Crippen molar-refractivity contribution in [3.05, 3.63) is 58.5 Å². The second-order valence-corrected chi connectivity index (χ2v) is 9.25. The van der Waals surface area contributed by atoms with Crippen molar-refractivity contribution in [2.75, 3.05) is 17.2 Å². The van der Waals surface area contributed by atoms with E-state index in [2.05, 4.69) is 48.0 Å². The third-order valence-electron chi connectivity index (χ3n) is 5.37. The van der Waals surface area contributed by atoms with E-state index in [-0.39, 0.29) is 12.5 Å². The van der Waals surface area contributed by atoms with Crippen LogP contribution in [-0.2, 0) is 16.1 Å². The average Bonchev–Trinajstić information content (AvgIpc) is 2.99. The second-order valence-electron chi connectivity index (χ2n) is 9.25. The lowest BCUT2D eigenvalue weighted by Gasteiger charge is -2.19. The number of carbonyl (C=O) groups excluding carboxylic acids is 2. The number of aromatic nitrogens is 2. The van der Waals surface area contributed by atoms with Gasteiger partial charge in [0.1, 0.15) is 12.1 Å². The van der Waals surface area contributed by atoms with Crippen molar-refractivity contribution in [3.63, 3.8) is 0 Å². The Morgan fingerprint density at radius 3 is 2.39 bits per heavy atom. The van der Waals surface area contributed by atoms with E-state index in [4.69, 9.17) is 9.72 Å². The zero-order chi connectivity index (χ0) is 24.3. The van der Waals surface area contributed by atoms with Crippen molar-refractivity contribution >= 4 is 29.0 Å². The maximum Gasteiger partial charge on any atom is 0.408 e. The lowest BCUT2D eigenvalue weighted by Crippen LogP contribution is -2.37. The first kappa shape index (κ1) is 24.1. The van der Waals surface area contributed by atoms with Gasteiger partial charge < -0.3 is 25.1 Å². The Morgan fingerprint density at radius 1 is 1.09 bits per heavy atom. The van der Waals surface area contributed by atoms with Gasteiger partial charge in [-0.25, -0.2) is 9.78 Å². The Bertz CT molecular complexity index is 1170. The molecule has 0 fully saturated rings. The van der Waals surface area contributed by atoms with Crippen LogP contribution >= 0.6 is 0 Å². The number of amides is 2. The molecule has 2 heterocycles. The molecular formula is C25H33N5O3. The van der Waals surface area contributed by atoms with E-state index >= 15 is 0 Å². The Labute approximate surface area is 194 Å². The summed E-state index contributed by atoms with van der Waals surface area (Å²) in [6.45, 7) is 13.9. The molecule has 176 valence electrons. The lowest BCUT2D eigenvalue weighted by molar-refractivity contribution is -0.115. The number of carbonyl (C=O) groups is 2. The van der Waals surface area contributed by atoms with Crippen LogP contribution in [0, 0.1) is 27.7 Å². The summed E-state index contributed by atoms with van der Waals surface area (Å²) in [6, 6.07) is 8.10. The SMILES string of the molecule is Cc1cccc(C)c1CNc1cc(NC(=O)CNC(=O)OC(C)(C)C)cn2c(C)c(C)nc12. The fourth-order valence-corrected chi connectivity index (χ4v) is 3.55. The predicted octanol–water partition coefficient (Wildman–Crippen LogP) is 4.64. The molecule has 2 amide bonds. The fraction of sp³-hybridized carbons (Fsp3) is 0.400. The molecule has 0 radical (unpaired) electrons. The summed E-state index contributed by atoms with van der Waals surface area (Å²) in [4.78, 5) is 29.0. The summed E-state index contributed by atoms with van der Waals surface area (Å²) < 4.78 is 7.13. The number of benzene rings is 1. The molecule has 0 aliphatic rings. The first-order valence-corrected chi connectivity index (χ1v) is 11.0. The maximum atomic E-state index is 12.5. The number of hydrogen-bond donors (Lipinski definition) is 3. The van der Waals surface area contributed by atoms with Crippen LogP contribution in [0.3, 0.4) is 0 Å². The monoisotopic (exact) mass is 451 g/mol. The summed E-state index contributed by atoms with van der Waals surface area (Å²) >= 11 is 0. The van der Waals surface area contributed by atoms with E-state index in [1.54, 1.807) is 20.8 Å². The van der Waals surface area contributed by atoms with Gasteiger partial charge >= 0.3 is 6.09 Å². The number of ether oxygens (including phenoxy) is 1. The van der Waals surface area contributed by atoms with Crippen molar-refractivity contribution in [1.82, 2.24) is 14.7 Å². The van der Waals surface area contributed by atoms with Crippen LogP contribution in [0.4, 0.5) is 16.2 Å². The molecule has 0 unspecified atom stereocenters. The molecule has 2 aromatic heterocycles. The van der Waals surface area contributed by atoms with Crippen LogP contribution in [0.15, 0.2) is 30.5 Å². The molecule has 3 aromatic rings. The van der Waals surface area contributed by atoms with Gasteiger partial charge in [-0.3, -0.25) is 4.79 Å². The molecule has 8 heteroatoms. The van der Waals surface area contributed by atoms with Crippen molar-refractivity contribution in [2.24, 2.45) is 0 Å². The molecule has 0 saturated heterocycles. The number of pyridine rings is 1. The Kier molecular flexibility index (Phi) is 6.95. The molecule has 3 rings (SSSR count). The van der Waals surface area contributed by atoms with Gasteiger partial charge in [0.2, 0.25) is 5.91 Å². The van der Waals surface area contributed by atoms with E-state index < -0.39 is 11.7 Å². The minimum atomic E-state index is -0.634. The Balaban J connectivity index is 1.79. The molecule has 0 aliphatic heterocycles. The van der Waals surface area contributed by atoms with E-state index in [1.807, 2.05) is 30.5 Å². The topological polar surface area (TPSA) is 96.8 Å². The van der Waals surface area contributed by atoms with Crippen molar-refractivity contribution in [1.29, 1.82) is 0 Å². The normalized spacial score (nSPS) is 11.4. The van der Waals surface area contributed by atoms with Crippen LogP contribution in [0.5, 0.6) is 0 Å². The van der Waals surface area contributed by atoms with Crippen molar-refractivity contribution in [3.8, 4) is 0 Å². The zero-order valence-electron chi connectivity index (χ0n) is 20.4. The first-order valence-electron chi connectivity index (χ1n) is 11.0.